The van der Waals surface area contributed by atoms with Gasteiger partial charge in [-0.2, -0.15) is 0 Å². The zero-order valence-electron chi connectivity index (χ0n) is 9.56. The van der Waals surface area contributed by atoms with Gasteiger partial charge in [0.25, 0.3) is 0 Å². The molecule has 0 bridgehead atoms. The van der Waals surface area contributed by atoms with Crippen molar-refractivity contribution in [2.75, 3.05) is 19.8 Å². The molecule has 2 rings (SSSR count). The summed E-state index contributed by atoms with van der Waals surface area (Å²) in [6, 6.07) is 8.02. The van der Waals surface area contributed by atoms with Crippen molar-refractivity contribution in [2.45, 2.75) is 25.6 Å². The van der Waals surface area contributed by atoms with Crippen molar-refractivity contribution in [3.8, 4) is 0 Å². The zero-order chi connectivity index (χ0) is 11.4. The van der Waals surface area contributed by atoms with Crippen LogP contribution < -0.4 is 0 Å². The van der Waals surface area contributed by atoms with Gasteiger partial charge in [0.1, 0.15) is 12.2 Å². The van der Waals surface area contributed by atoms with Crippen LogP contribution in [-0.4, -0.2) is 31.0 Å². The van der Waals surface area contributed by atoms with E-state index in [1.807, 2.05) is 24.3 Å². The lowest BCUT2D eigenvalue weighted by atomic mass is 10.1. The minimum Gasteiger partial charge on any atom is -0.386 e. The van der Waals surface area contributed by atoms with Crippen molar-refractivity contribution in [3.63, 3.8) is 0 Å². The lowest BCUT2D eigenvalue weighted by Gasteiger charge is -2.27. The van der Waals surface area contributed by atoms with Crippen molar-refractivity contribution in [1.82, 2.24) is 0 Å². The summed E-state index contributed by atoms with van der Waals surface area (Å²) in [5, 5.41) is 9.89. The minimum absolute atomic E-state index is 0.171. The first-order valence-corrected chi connectivity index (χ1v) is 5.76. The maximum absolute atomic E-state index is 9.89. The highest BCUT2D eigenvalue weighted by molar-refractivity contribution is 5.24. The van der Waals surface area contributed by atoms with Crippen LogP contribution in [0.2, 0.25) is 0 Å². The standard InChI is InChI=1S/C13H18O3/c1-2-10-3-5-11(6-4-10)13(14)9-16-12-7-15-8-12/h3-6,12-14H,2,7-9H2,1H3. The summed E-state index contributed by atoms with van der Waals surface area (Å²) >= 11 is 0. The molecule has 0 radical (unpaired) electrons. The summed E-state index contributed by atoms with van der Waals surface area (Å²) in [5.74, 6) is 0. The van der Waals surface area contributed by atoms with Gasteiger partial charge in [0.15, 0.2) is 0 Å². The van der Waals surface area contributed by atoms with Gasteiger partial charge in [0.05, 0.1) is 19.8 Å². The van der Waals surface area contributed by atoms with Gasteiger partial charge in [-0.15, -0.1) is 0 Å². The van der Waals surface area contributed by atoms with Crippen molar-refractivity contribution in [1.29, 1.82) is 0 Å². The molecule has 1 atom stereocenters. The molecule has 0 spiro atoms. The molecule has 0 aliphatic carbocycles. The number of aliphatic hydroxyl groups is 1. The Morgan fingerprint density at radius 2 is 2.06 bits per heavy atom. The van der Waals surface area contributed by atoms with Crippen LogP contribution in [0.1, 0.15) is 24.2 Å². The predicted molar refractivity (Wildman–Crippen MR) is 61.3 cm³/mol. The van der Waals surface area contributed by atoms with Gasteiger partial charge < -0.3 is 14.6 Å². The first-order chi connectivity index (χ1) is 7.79. The Hall–Kier alpha value is -0.900. The van der Waals surface area contributed by atoms with E-state index in [2.05, 4.69) is 6.92 Å². The van der Waals surface area contributed by atoms with Gasteiger partial charge >= 0.3 is 0 Å². The number of rotatable bonds is 5. The van der Waals surface area contributed by atoms with E-state index in [1.165, 1.54) is 5.56 Å². The Labute approximate surface area is 96.0 Å². The zero-order valence-corrected chi connectivity index (χ0v) is 9.56. The molecule has 1 fully saturated rings. The number of hydrogen-bond acceptors (Lipinski definition) is 3. The molecule has 16 heavy (non-hydrogen) atoms. The number of aliphatic hydroxyl groups excluding tert-OH is 1. The van der Waals surface area contributed by atoms with Gasteiger partial charge in [-0.3, -0.25) is 0 Å². The fourth-order valence-electron chi connectivity index (χ4n) is 1.61. The van der Waals surface area contributed by atoms with E-state index >= 15 is 0 Å². The van der Waals surface area contributed by atoms with Crippen LogP contribution in [0.4, 0.5) is 0 Å². The normalized spacial score (nSPS) is 18.1. The fourth-order valence-corrected chi connectivity index (χ4v) is 1.61. The van der Waals surface area contributed by atoms with Crippen LogP contribution in [0.15, 0.2) is 24.3 Å². The second-order valence-corrected chi connectivity index (χ2v) is 4.10. The van der Waals surface area contributed by atoms with E-state index < -0.39 is 6.10 Å². The molecule has 1 aliphatic heterocycles. The van der Waals surface area contributed by atoms with E-state index in [0.29, 0.717) is 19.8 Å². The SMILES string of the molecule is CCc1ccc(C(O)COC2COC2)cc1. The Morgan fingerprint density at radius 3 is 2.56 bits per heavy atom. The van der Waals surface area contributed by atoms with E-state index in [4.69, 9.17) is 9.47 Å². The minimum atomic E-state index is -0.536. The van der Waals surface area contributed by atoms with E-state index in [9.17, 15) is 5.11 Å². The highest BCUT2D eigenvalue weighted by Gasteiger charge is 2.20. The van der Waals surface area contributed by atoms with Crippen molar-refractivity contribution < 1.29 is 14.6 Å². The monoisotopic (exact) mass is 222 g/mol. The van der Waals surface area contributed by atoms with Crippen molar-refractivity contribution in [2.24, 2.45) is 0 Å². The first-order valence-electron chi connectivity index (χ1n) is 5.76. The van der Waals surface area contributed by atoms with E-state index in [0.717, 1.165) is 12.0 Å². The smallest absolute Gasteiger partial charge is 0.104 e. The molecule has 1 N–H and O–H groups in total. The maximum Gasteiger partial charge on any atom is 0.104 e. The van der Waals surface area contributed by atoms with Crippen LogP contribution in [0.5, 0.6) is 0 Å². The summed E-state index contributed by atoms with van der Waals surface area (Å²) < 4.78 is 10.5. The van der Waals surface area contributed by atoms with Crippen molar-refractivity contribution in [3.05, 3.63) is 35.4 Å². The molecule has 1 saturated heterocycles. The fraction of sp³-hybridized carbons (Fsp3) is 0.538. The summed E-state index contributed by atoms with van der Waals surface area (Å²) in [6.07, 6.45) is 0.655. The predicted octanol–water partition coefficient (Wildman–Crippen LogP) is 1.70. The van der Waals surface area contributed by atoms with E-state index in [-0.39, 0.29) is 6.10 Å². The molecule has 88 valence electrons. The van der Waals surface area contributed by atoms with Crippen LogP contribution in [0, 0.1) is 0 Å². The Bertz CT molecular complexity index is 316. The number of ether oxygens (including phenoxy) is 2. The van der Waals surface area contributed by atoms with Gasteiger partial charge in [0.2, 0.25) is 0 Å². The maximum atomic E-state index is 9.89. The second kappa shape index (κ2) is 5.43. The topological polar surface area (TPSA) is 38.7 Å². The van der Waals surface area contributed by atoms with Crippen LogP contribution in [-0.2, 0) is 15.9 Å². The number of aryl methyl sites for hydroxylation is 1. The highest BCUT2D eigenvalue weighted by Crippen LogP contribution is 2.16. The summed E-state index contributed by atoms with van der Waals surface area (Å²) in [6.45, 7) is 3.77. The van der Waals surface area contributed by atoms with Gasteiger partial charge in [-0.1, -0.05) is 31.2 Å². The molecule has 0 amide bonds. The molecule has 3 nitrogen and oxygen atoms in total. The third-order valence-corrected chi connectivity index (χ3v) is 2.87. The average Bonchev–Trinajstić information content (AvgIpc) is 2.27. The van der Waals surface area contributed by atoms with Crippen LogP contribution >= 0.6 is 0 Å². The van der Waals surface area contributed by atoms with Crippen molar-refractivity contribution >= 4 is 0 Å². The highest BCUT2D eigenvalue weighted by atomic mass is 16.6. The summed E-state index contributed by atoms with van der Waals surface area (Å²) in [4.78, 5) is 0. The van der Waals surface area contributed by atoms with Gasteiger partial charge in [0, 0.05) is 0 Å². The summed E-state index contributed by atoms with van der Waals surface area (Å²) in [5.41, 5.74) is 2.20. The summed E-state index contributed by atoms with van der Waals surface area (Å²) in [7, 11) is 0. The largest absolute Gasteiger partial charge is 0.386 e. The van der Waals surface area contributed by atoms with Gasteiger partial charge in [-0.25, -0.2) is 0 Å². The molecule has 1 unspecified atom stereocenters. The molecule has 0 saturated carbocycles. The third-order valence-electron chi connectivity index (χ3n) is 2.87. The molecule has 3 heteroatoms. The quantitative estimate of drug-likeness (QED) is 0.824. The Kier molecular flexibility index (Phi) is 3.93. The molecular weight excluding hydrogens is 204 g/mol. The molecule has 0 aromatic heterocycles. The van der Waals surface area contributed by atoms with Crippen LogP contribution in [0.25, 0.3) is 0 Å². The van der Waals surface area contributed by atoms with E-state index in [1.54, 1.807) is 0 Å². The number of benzene rings is 1. The van der Waals surface area contributed by atoms with Crippen LogP contribution in [0.3, 0.4) is 0 Å². The molecule has 1 aliphatic rings. The third kappa shape index (κ3) is 2.82. The molecule has 1 aromatic carbocycles. The Balaban J connectivity index is 1.84. The number of hydrogen-bond donors (Lipinski definition) is 1. The average molecular weight is 222 g/mol. The lowest BCUT2D eigenvalue weighted by Crippen LogP contribution is -2.37. The molecule has 1 heterocycles. The molecular formula is C13H18O3. The molecule has 1 aromatic rings. The second-order valence-electron chi connectivity index (χ2n) is 4.10. The Morgan fingerprint density at radius 1 is 1.38 bits per heavy atom. The van der Waals surface area contributed by atoms with Gasteiger partial charge in [-0.05, 0) is 17.5 Å². The lowest BCUT2D eigenvalue weighted by molar-refractivity contribution is -0.143. The first kappa shape index (κ1) is 11.6.